The topological polar surface area (TPSA) is 70.2 Å². The highest BCUT2D eigenvalue weighted by Gasteiger charge is 2.39. The van der Waals surface area contributed by atoms with Crippen LogP contribution in [0.3, 0.4) is 0 Å². The van der Waals surface area contributed by atoms with E-state index in [9.17, 15) is 9.59 Å². The number of anilines is 1. The predicted octanol–water partition coefficient (Wildman–Crippen LogP) is 2.82. The summed E-state index contributed by atoms with van der Waals surface area (Å²) in [6.07, 6.45) is 4.43. The molecule has 1 aromatic rings. The molecule has 5 nitrogen and oxygen atoms in total. The Bertz CT molecular complexity index is 602. The quantitative estimate of drug-likeness (QED) is 0.726. The molecule has 25 heavy (non-hydrogen) atoms. The van der Waals surface area contributed by atoms with Gasteiger partial charge in [-0.3, -0.25) is 9.59 Å². The van der Waals surface area contributed by atoms with Crippen molar-refractivity contribution < 1.29 is 9.59 Å². The van der Waals surface area contributed by atoms with E-state index in [0.717, 1.165) is 25.9 Å². The van der Waals surface area contributed by atoms with Crippen molar-refractivity contribution in [3.63, 3.8) is 0 Å². The molecule has 138 valence electrons. The number of hydrogen-bond acceptors (Lipinski definition) is 3. The van der Waals surface area contributed by atoms with E-state index in [4.69, 9.17) is 0 Å². The summed E-state index contributed by atoms with van der Waals surface area (Å²) in [6.45, 7) is 4.94. The molecule has 0 bridgehead atoms. The lowest BCUT2D eigenvalue weighted by Gasteiger charge is -2.22. The minimum atomic E-state index is -0.0744. The monoisotopic (exact) mass is 365 g/mol. The number of benzene rings is 1. The van der Waals surface area contributed by atoms with Gasteiger partial charge in [0.15, 0.2) is 0 Å². The normalized spacial score (nSPS) is 24.8. The Labute approximate surface area is 155 Å². The molecule has 3 atom stereocenters. The summed E-state index contributed by atoms with van der Waals surface area (Å²) in [6, 6.07) is 7.18. The Morgan fingerprint density at radius 3 is 2.80 bits per heavy atom. The first-order valence-electron chi connectivity index (χ1n) is 9.03. The summed E-state index contributed by atoms with van der Waals surface area (Å²) in [4.78, 5) is 24.3. The first-order chi connectivity index (χ1) is 11.6. The van der Waals surface area contributed by atoms with Crippen molar-refractivity contribution in [2.45, 2.75) is 32.6 Å². The van der Waals surface area contributed by atoms with Gasteiger partial charge in [0.1, 0.15) is 0 Å². The van der Waals surface area contributed by atoms with Crippen LogP contribution in [0.25, 0.3) is 0 Å². The molecule has 3 rings (SSSR count). The Kier molecular flexibility index (Phi) is 7.26. The second-order valence-corrected chi connectivity index (χ2v) is 7.15. The van der Waals surface area contributed by atoms with E-state index in [1.54, 1.807) is 12.1 Å². The van der Waals surface area contributed by atoms with Crippen LogP contribution in [-0.2, 0) is 4.79 Å². The maximum absolute atomic E-state index is 12.3. The summed E-state index contributed by atoms with van der Waals surface area (Å²) in [7, 11) is 0. The third-order valence-corrected chi connectivity index (χ3v) is 5.08. The molecule has 0 spiro atoms. The third kappa shape index (κ3) is 5.72. The summed E-state index contributed by atoms with van der Waals surface area (Å²) < 4.78 is 0. The first-order valence-corrected chi connectivity index (χ1v) is 9.03. The van der Waals surface area contributed by atoms with E-state index < -0.39 is 0 Å². The summed E-state index contributed by atoms with van der Waals surface area (Å²) in [5.41, 5.74) is 1.29. The minimum absolute atomic E-state index is 0. The zero-order chi connectivity index (χ0) is 16.9. The van der Waals surface area contributed by atoms with E-state index in [1.807, 2.05) is 12.1 Å². The van der Waals surface area contributed by atoms with Crippen LogP contribution in [0.2, 0.25) is 0 Å². The van der Waals surface area contributed by atoms with Crippen molar-refractivity contribution >= 4 is 29.9 Å². The molecular weight excluding hydrogens is 338 g/mol. The number of amides is 2. The first kappa shape index (κ1) is 19.7. The van der Waals surface area contributed by atoms with E-state index in [2.05, 4.69) is 22.9 Å². The van der Waals surface area contributed by atoms with Gasteiger partial charge in [-0.25, -0.2) is 0 Å². The second kappa shape index (κ2) is 9.20. The molecule has 2 aliphatic rings. The lowest BCUT2D eigenvalue weighted by Crippen LogP contribution is -2.33. The fourth-order valence-electron chi connectivity index (χ4n) is 3.32. The smallest absolute Gasteiger partial charge is 0.251 e. The summed E-state index contributed by atoms with van der Waals surface area (Å²) >= 11 is 0. The van der Waals surface area contributed by atoms with E-state index in [1.165, 1.54) is 12.8 Å². The van der Waals surface area contributed by atoms with E-state index in [0.29, 0.717) is 29.6 Å². The summed E-state index contributed by atoms with van der Waals surface area (Å²) in [5, 5.41) is 9.29. The predicted molar refractivity (Wildman–Crippen MR) is 102 cm³/mol. The molecule has 1 aliphatic heterocycles. The Hall–Kier alpha value is -1.59. The highest BCUT2D eigenvalue weighted by molar-refractivity contribution is 5.98. The lowest BCUT2D eigenvalue weighted by atomic mass is 9.96. The van der Waals surface area contributed by atoms with Crippen molar-refractivity contribution in [3.8, 4) is 0 Å². The average molecular weight is 366 g/mol. The van der Waals surface area contributed by atoms with Crippen LogP contribution in [-0.4, -0.2) is 31.4 Å². The molecule has 3 N–H and O–H groups in total. The van der Waals surface area contributed by atoms with Gasteiger partial charge < -0.3 is 16.0 Å². The molecule has 2 amide bonds. The van der Waals surface area contributed by atoms with Crippen LogP contribution in [0.15, 0.2) is 24.3 Å². The molecule has 1 aromatic carbocycles. The van der Waals surface area contributed by atoms with Gasteiger partial charge in [-0.1, -0.05) is 13.0 Å². The number of halogens is 1. The zero-order valence-corrected chi connectivity index (χ0v) is 15.5. The van der Waals surface area contributed by atoms with Crippen LogP contribution in [0.5, 0.6) is 0 Å². The third-order valence-electron chi connectivity index (χ3n) is 5.08. The number of nitrogens with one attached hydrogen (secondary N) is 3. The minimum Gasteiger partial charge on any atom is -0.352 e. The van der Waals surface area contributed by atoms with Gasteiger partial charge in [0, 0.05) is 23.7 Å². The van der Waals surface area contributed by atoms with Gasteiger partial charge in [-0.2, -0.15) is 0 Å². The van der Waals surface area contributed by atoms with Crippen molar-refractivity contribution in [1.29, 1.82) is 0 Å². The van der Waals surface area contributed by atoms with Crippen LogP contribution < -0.4 is 16.0 Å². The van der Waals surface area contributed by atoms with E-state index in [-0.39, 0.29) is 30.1 Å². The molecule has 3 unspecified atom stereocenters. The highest BCUT2D eigenvalue weighted by atomic mass is 35.5. The average Bonchev–Trinajstić information content (AvgIpc) is 3.33. The number of carbonyl (C=O) groups excluding carboxylic acids is 2. The number of rotatable bonds is 6. The van der Waals surface area contributed by atoms with Crippen LogP contribution in [0, 0.1) is 17.8 Å². The largest absolute Gasteiger partial charge is 0.352 e. The van der Waals surface area contributed by atoms with Crippen LogP contribution in [0.4, 0.5) is 5.69 Å². The maximum atomic E-state index is 12.3. The number of piperidine rings is 1. The Morgan fingerprint density at radius 2 is 2.12 bits per heavy atom. The molecule has 6 heteroatoms. The molecule has 2 fully saturated rings. The molecule has 1 aliphatic carbocycles. The molecule has 0 radical (unpaired) electrons. The van der Waals surface area contributed by atoms with Gasteiger partial charge in [-0.05, 0) is 68.8 Å². The zero-order valence-electron chi connectivity index (χ0n) is 14.7. The van der Waals surface area contributed by atoms with Gasteiger partial charge in [0.2, 0.25) is 5.91 Å². The molecule has 1 saturated heterocycles. The van der Waals surface area contributed by atoms with Gasteiger partial charge in [0.25, 0.3) is 5.91 Å². The number of carbonyl (C=O) groups is 2. The van der Waals surface area contributed by atoms with Gasteiger partial charge in [-0.15, -0.1) is 12.4 Å². The Balaban J connectivity index is 0.00000225. The molecule has 1 saturated carbocycles. The van der Waals surface area contributed by atoms with Crippen LogP contribution >= 0.6 is 12.4 Å². The van der Waals surface area contributed by atoms with Crippen molar-refractivity contribution in [3.05, 3.63) is 29.8 Å². The van der Waals surface area contributed by atoms with E-state index >= 15 is 0 Å². The van der Waals surface area contributed by atoms with Crippen molar-refractivity contribution in [2.24, 2.45) is 17.8 Å². The standard InChI is InChI=1S/C19H27N3O2.ClH/c1-13-10-17(13)19(24)22-16-6-2-5-15(11-16)18(23)21-9-7-14-4-3-8-20-12-14;/h2,5-6,11,13-14,17,20H,3-4,7-10,12H2,1H3,(H,21,23)(H,22,24);1H. The molecular formula is C19H28ClN3O2. The highest BCUT2D eigenvalue weighted by Crippen LogP contribution is 2.38. The van der Waals surface area contributed by atoms with Gasteiger partial charge >= 0.3 is 0 Å². The summed E-state index contributed by atoms with van der Waals surface area (Å²) in [5.74, 6) is 1.25. The Morgan fingerprint density at radius 1 is 1.32 bits per heavy atom. The van der Waals surface area contributed by atoms with Crippen molar-refractivity contribution in [2.75, 3.05) is 25.0 Å². The number of hydrogen-bond donors (Lipinski definition) is 3. The SMILES string of the molecule is CC1CC1C(=O)Nc1cccc(C(=O)NCCC2CCCNC2)c1.Cl. The van der Waals surface area contributed by atoms with Crippen molar-refractivity contribution in [1.82, 2.24) is 10.6 Å². The second-order valence-electron chi connectivity index (χ2n) is 7.15. The maximum Gasteiger partial charge on any atom is 0.251 e. The van der Waals surface area contributed by atoms with Crippen LogP contribution in [0.1, 0.15) is 43.0 Å². The fourth-order valence-corrected chi connectivity index (χ4v) is 3.32. The lowest BCUT2D eigenvalue weighted by molar-refractivity contribution is -0.117. The molecule has 1 heterocycles. The van der Waals surface area contributed by atoms with Gasteiger partial charge in [0.05, 0.1) is 0 Å². The molecule has 0 aromatic heterocycles. The fraction of sp³-hybridized carbons (Fsp3) is 0.579.